The van der Waals surface area contributed by atoms with Gasteiger partial charge < -0.3 is 10.4 Å². The lowest BCUT2D eigenvalue weighted by Crippen LogP contribution is -2.58. The number of aliphatic hydroxyl groups is 1. The first-order valence-corrected chi connectivity index (χ1v) is 11.8. The Morgan fingerprint density at radius 3 is 2.69 bits per heavy atom. The standard InChI is InChI=1S/C22H35N5O2/c28-21(23-17-6-2-1-3-7-17)19-14-26-11-8-16(19)12-18(26)13-27-15-20(24-25-27)22(29)9-4-5-10-22/h15-19,29H,1-14H2,(H,23,28). The Hall–Kier alpha value is -1.47. The van der Waals surface area contributed by atoms with Crippen LogP contribution < -0.4 is 5.32 Å². The summed E-state index contributed by atoms with van der Waals surface area (Å²) in [6, 6.07) is 0.817. The predicted octanol–water partition coefficient (Wildman–Crippen LogP) is 2.20. The molecule has 6 rings (SSSR count). The summed E-state index contributed by atoms with van der Waals surface area (Å²) in [6.45, 7) is 2.75. The number of hydrogen-bond acceptors (Lipinski definition) is 5. The summed E-state index contributed by atoms with van der Waals surface area (Å²) in [5.41, 5.74) is -0.0393. The summed E-state index contributed by atoms with van der Waals surface area (Å²) < 4.78 is 1.91. The van der Waals surface area contributed by atoms with Crippen LogP contribution in [0, 0.1) is 11.8 Å². The molecule has 7 heteroatoms. The molecule has 1 aromatic rings. The van der Waals surface area contributed by atoms with E-state index in [0.717, 1.165) is 76.7 Å². The quantitative estimate of drug-likeness (QED) is 0.790. The van der Waals surface area contributed by atoms with Crippen LogP contribution in [0.15, 0.2) is 6.20 Å². The molecule has 4 atom stereocenters. The fraction of sp³-hybridized carbons (Fsp3) is 0.864. The molecule has 0 radical (unpaired) electrons. The van der Waals surface area contributed by atoms with Crippen molar-refractivity contribution in [2.45, 2.75) is 94.9 Å². The molecule has 5 aliphatic rings. The van der Waals surface area contributed by atoms with Crippen molar-refractivity contribution in [3.05, 3.63) is 11.9 Å². The summed E-state index contributed by atoms with van der Waals surface area (Å²) in [5, 5.41) is 22.7. The Labute approximate surface area is 173 Å². The van der Waals surface area contributed by atoms with Gasteiger partial charge in [-0.15, -0.1) is 5.10 Å². The van der Waals surface area contributed by atoms with E-state index in [1.165, 1.54) is 19.3 Å². The number of carbonyl (C=O) groups is 1. The van der Waals surface area contributed by atoms with Crippen LogP contribution in [0.25, 0.3) is 0 Å². The van der Waals surface area contributed by atoms with Crippen LogP contribution in [0.3, 0.4) is 0 Å². The largest absolute Gasteiger partial charge is 0.383 e. The first-order chi connectivity index (χ1) is 14.1. The molecule has 0 aromatic carbocycles. The molecule has 2 saturated carbocycles. The maximum Gasteiger partial charge on any atom is 0.224 e. The van der Waals surface area contributed by atoms with Gasteiger partial charge in [-0.3, -0.25) is 14.4 Å². The zero-order valence-corrected chi connectivity index (χ0v) is 17.4. The maximum atomic E-state index is 12.9. The van der Waals surface area contributed by atoms with Crippen molar-refractivity contribution in [3.63, 3.8) is 0 Å². The first kappa shape index (κ1) is 19.5. The fourth-order valence-corrected chi connectivity index (χ4v) is 6.21. The molecular formula is C22H35N5O2. The van der Waals surface area contributed by atoms with Crippen LogP contribution in [0.2, 0.25) is 0 Å². The van der Waals surface area contributed by atoms with E-state index in [1.54, 1.807) is 0 Å². The molecule has 4 heterocycles. The van der Waals surface area contributed by atoms with Crippen molar-refractivity contribution in [2.24, 2.45) is 11.8 Å². The second kappa shape index (κ2) is 7.99. The van der Waals surface area contributed by atoms with E-state index in [-0.39, 0.29) is 11.8 Å². The van der Waals surface area contributed by atoms with Gasteiger partial charge in [-0.1, -0.05) is 37.3 Å². The Kier molecular flexibility index (Phi) is 5.37. The van der Waals surface area contributed by atoms with Gasteiger partial charge in [-0.25, -0.2) is 0 Å². The predicted molar refractivity (Wildman–Crippen MR) is 109 cm³/mol. The minimum Gasteiger partial charge on any atom is -0.383 e. The molecule has 4 unspecified atom stereocenters. The number of nitrogens with zero attached hydrogens (tertiary/aromatic N) is 4. The van der Waals surface area contributed by atoms with Gasteiger partial charge in [0.25, 0.3) is 0 Å². The van der Waals surface area contributed by atoms with Crippen LogP contribution in [0.4, 0.5) is 0 Å². The van der Waals surface area contributed by atoms with Crippen molar-refractivity contribution in [1.82, 2.24) is 25.2 Å². The summed E-state index contributed by atoms with van der Waals surface area (Å²) in [4.78, 5) is 15.4. The molecule has 3 saturated heterocycles. The Morgan fingerprint density at radius 1 is 1.17 bits per heavy atom. The summed E-state index contributed by atoms with van der Waals surface area (Å²) in [5.74, 6) is 0.916. The second-order valence-corrected chi connectivity index (χ2v) is 9.95. The topological polar surface area (TPSA) is 83.3 Å². The SMILES string of the molecule is O=C(NC1CCCCC1)C1CN2CCC1CC2Cn1cc(C2(O)CCCC2)nn1. The zero-order chi connectivity index (χ0) is 19.8. The van der Waals surface area contributed by atoms with Gasteiger partial charge >= 0.3 is 0 Å². The van der Waals surface area contributed by atoms with Crippen LogP contribution >= 0.6 is 0 Å². The van der Waals surface area contributed by atoms with E-state index in [9.17, 15) is 9.90 Å². The van der Waals surface area contributed by atoms with Crippen molar-refractivity contribution in [1.29, 1.82) is 0 Å². The number of aromatic nitrogens is 3. The number of amides is 1. The number of nitrogens with one attached hydrogen (secondary N) is 1. The number of rotatable bonds is 5. The van der Waals surface area contributed by atoms with Crippen molar-refractivity contribution in [3.8, 4) is 0 Å². The molecule has 160 valence electrons. The summed E-state index contributed by atoms with van der Waals surface area (Å²) in [6.07, 6.45) is 14.0. The van der Waals surface area contributed by atoms with Gasteiger partial charge in [0.1, 0.15) is 11.3 Å². The van der Waals surface area contributed by atoms with E-state index >= 15 is 0 Å². The highest BCUT2D eigenvalue weighted by molar-refractivity contribution is 5.79. The molecule has 2 aliphatic carbocycles. The van der Waals surface area contributed by atoms with Gasteiger partial charge in [0, 0.05) is 18.6 Å². The molecule has 2 N–H and O–H groups in total. The summed E-state index contributed by atoms with van der Waals surface area (Å²) in [7, 11) is 0. The third-order valence-electron chi connectivity index (χ3n) is 8.01. The third-order valence-corrected chi connectivity index (χ3v) is 8.01. The minimum atomic E-state index is -0.771. The third kappa shape index (κ3) is 3.96. The van der Waals surface area contributed by atoms with Crippen molar-refractivity contribution < 1.29 is 9.90 Å². The second-order valence-electron chi connectivity index (χ2n) is 9.95. The molecule has 0 spiro atoms. The highest BCUT2D eigenvalue weighted by atomic mass is 16.3. The van der Waals surface area contributed by atoms with Crippen LogP contribution in [-0.4, -0.2) is 56.1 Å². The van der Waals surface area contributed by atoms with E-state index in [0.29, 0.717) is 18.0 Å². The lowest BCUT2D eigenvalue weighted by Gasteiger charge is -2.49. The lowest BCUT2D eigenvalue weighted by atomic mass is 9.75. The van der Waals surface area contributed by atoms with E-state index in [1.807, 2.05) is 10.9 Å². The molecule has 7 nitrogen and oxygen atoms in total. The Balaban J connectivity index is 1.18. The van der Waals surface area contributed by atoms with E-state index in [2.05, 4.69) is 20.5 Å². The number of hydrogen-bond donors (Lipinski definition) is 2. The Bertz CT molecular complexity index is 723. The average molecular weight is 402 g/mol. The van der Waals surface area contributed by atoms with Crippen LogP contribution in [0.1, 0.15) is 76.3 Å². The van der Waals surface area contributed by atoms with E-state index < -0.39 is 5.60 Å². The number of fused-ring (bicyclic) bond motifs is 3. The van der Waals surface area contributed by atoms with Gasteiger partial charge in [-0.05, 0) is 51.0 Å². The molecule has 3 aliphatic heterocycles. The lowest BCUT2D eigenvalue weighted by molar-refractivity contribution is -0.134. The van der Waals surface area contributed by atoms with Crippen molar-refractivity contribution in [2.75, 3.05) is 13.1 Å². The first-order valence-electron chi connectivity index (χ1n) is 11.8. The monoisotopic (exact) mass is 401 g/mol. The fourth-order valence-electron chi connectivity index (χ4n) is 6.21. The zero-order valence-electron chi connectivity index (χ0n) is 17.4. The minimum absolute atomic E-state index is 0.146. The smallest absolute Gasteiger partial charge is 0.224 e. The van der Waals surface area contributed by atoms with Gasteiger partial charge in [0.15, 0.2) is 0 Å². The maximum absolute atomic E-state index is 12.9. The molecule has 2 bridgehead atoms. The molecule has 1 amide bonds. The normalized spacial score (nSPS) is 34.4. The summed E-state index contributed by atoms with van der Waals surface area (Å²) >= 11 is 0. The molecule has 5 fully saturated rings. The molecular weight excluding hydrogens is 366 g/mol. The van der Waals surface area contributed by atoms with Gasteiger partial charge in [-0.2, -0.15) is 0 Å². The van der Waals surface area contributed by atoms with Gasteiger partial charge in [0.05, 0.1) is 18.7 Å². The molecule has 1 aromatic heterocycles. The van der Waals surface area contributed by atoms with Crippen LogP contribution in [-0.2, 0) is 16.9 Å². The highest BCUT2D eigenvalue weighted by Crippen LogP contribution is 2.39. The van der Waals surface area contributed by atoms with Gasteiger partial charge in [0.2, 0.25) is 5.91 Å². The number of carbonyl (C=O) groups excluding carboxylic acids is 1. The van der Waals surface area contributed by atoms with Crippen molar-refractivity contribution >= 4 is 5.91 Å². The average Bonchev–Trinajstić information content (AvgIpc) is 3.39. The van der Waals surface area contributed by atoms with E-state index in [4.69, 9.17) is 0 Å². The van der Waals surface area contributed by atoms with Crippen LogP contribution in [0.5, 0.6) is 0 Å². The molecule has 29 heavy (non-hydrogen) atoms. The Morgan fingerprint density at radius 2 is 1.97 bits per heavy atom. The highest BCUT2D eigenvalue weighted by Gasteiger charge is 2.44. The number of piperidine rings is 3.